The Bertz CT molecular complexity index is 1240. The molecule has 2 N–H and O–H groups in total. The molecular weight excluding hydrogens is 445 g/mol. The highest BCUT2D eigenvalue weighted by atomic mass is 35.5. The highest BCUT2D eigenvalue weighted by Gasteiger charge is 2.30. The van der Waals surface area contributed by atoms with Gasteiger partial charge in [-0.15, -0.1) is 0 Å². The van der Waals surface area contributed by atoms with Crippen LogP contribution in [0, 0.1) is 0 Å². The van der Waals surface area contributed by atoms with Gasteiger partial charge in [0.1, 0.15) is 5.82 Å². The zero-order chi connectivity index (χ0) is 22.7. The summed E-state index contributed by atoms with van der Waals surface area (Å²) in [7, 11) is 0. The van der Waals surface area contributed by atoms with Crippen molar-refractivity contribution in [2.75, 3.05) is 18.4 Å². The smallest absolute Gasteiger partial charge is 0.416 e. The van der Waals surface area contributed by atoms with Crippen LogP contribution >= 0.6 is 11.6 Å². The van der Waals surface area contributed by atoms with Crippen LogP contribution in [0.5, 0.6) is 0 Å². The average molecular weight is 461 g/mol. The van der Waals surface area contributed by atoms with Gasteiger partial charge in [0.2, 0.25) is 0 Å². The summed E-state index contributed by atoms with van der Waals surface area (Å²) in [5, 5.41) is 7.07. The van der Waals surface area contributed by atoms with Crippen molar-refractivity contribution in [3.8, 4) is 11.6 Å². The first kappa shape index (κ1) is 21.6. The molecular formula is C22H16ClF3N4O2. The lowest BCUT2D eigenvalue weighted by Gasteiger charge is -2.11. The van der Waals surface area contributed by atoms with Crippen LogP contribution in [0.1, 0.15) is 15.9 Å². The van der Waals surface area contributed by atoms with Crippen LogP contribution in [0.4, 0.5) is 19.0 Å². The van der Waals surface area contributed by atoms with E-state index in [0.29, 0.717) is 34.5 Å². The summed E-state index contributed by atoms with van der Waals surface area (Å²) in [5.41, 5.74) is -0.0470. The van der Waals surface area contributed by atoms with Gasteiger partial charge < -0.3 is 15.1 Å². The number of aromatic nitrogens is 2. The number of alkyl halides is 3. The maximum atomic E-state index is 12.6. The molecule has 0 saturated carbocycles. The van der Waals surface area contributed by atoms with Crippen molar-refractivity contribution < 1.29 is 22.4 Å². The van der Waals surface area contributed by atoms with Gasteiger partial charge in [-0.05, 0) is 54.6 Å². The Morgan fingerprint density at radius 1 is 1.03 bits per heavy atom. The van der Waals surface area contributed by atoms with E-state index in [1.165, 1.54) is 6.26 Å². The highest BCUT2D eigenvalue weighted by molar-refractivity contribution is 6.31. The van der Waals surface area contributed by atoms with E-state index < -0.39 is 17.6 Å². The molecule has 1 amide bonds. The Morgan fingerprint density at radius 3 is 2.50 bits per heavy atom. The van der Waals surface area contributed by atoms with Gasteiger partial charge >= 0.3 is 6.18 Å². The minimum absolute atomic E-state index is 0.139. The summed E-state index contributed by atoms with van der Waals surface area (Å²) in [4.78, 5) is 21.2. The zero-order valence-corrected chi connectivity index (χ0v) is 17.2. The van der Waals surface area contributed by atoms with Crippen LogP contribution < -0.4 is 10.6 Å². The standard InChI is InChI=1S/C22H16ClF3N4O2/c23-15-7-8-16-17(12-15)29-20(18-2-1-11-32-18)30-19(16)27-9-10-28-21(31)13-3-5-14(6-4-13)22(24,25)26/h1-8,11-12H,9-10H2,(H,28,31)(H,27,29,30). The third-order valence-electron chi connectivity index (χ3n) is 4.58. The summed E-state index contributed by atoms with van der Waals surface area (Å²) >= 11 is 6.09. The molecule has 4 aromatic rings. The van der Waals surface area contributed by atoms with Crippen LogP contribution in [0.15, 0.2) is 65.3 Å². The molecule has 6 nitrogen and oxygen atoms in total. The molecule has 10 heteroatoms. The number of hydrogen-bond donors (Lipinski definition) is 2. The lowest BCUT2D eigenvalue weighted by molar-refractivity contribution is -0.137. The van der Waals surface area contributed by atoms with Crippen LogP contribution in [-0.2, 0) is 6.18 Å². The van der Waals surface area contributed by atoms with Crippen molar-refractivity contribution in [3.05, 3.63) is 77.0 Å². The number of benzene rings is 2. The molecule has 0 radical (unpaired) electrons. The molecule has 0 aliphatic carbocycles. The molecule has 164 valence electrons. The molecule has 0 atom stereocenters. The Hall–Kier alpha value is -3.59. The predicted octanol–water partition coefficient (Wildman–Crippen LogP) is 5.40. The van der Waals surface area contributed by atoms with Gasteiger partial charge in [0, 0.05) is 29.1 Å². The molecule has 2 heterocycles. The number of anilines is 1. The molecule has 0 aliphatic heterocycles. The van der Waals surface area contributed by atoms with Crippen molar-refractivity contribution in [1.82, 2.24) is 15.3 Å². The van der Waals surface area contributed by atoms with E-state index in [9.17, 15) is 18.0 Å². The molecule has 0 unspecified atom stereocenters. The van der Waals surface area contributed by atoms with Crippen molar-refractivity contribution in [2.45, 2.75) is 6.18 Å². The molecule has 4 rings (SSSR count). The largest absolute Gasteiger partial charge is 0.461 e. The van der Waals surface area contributed by atoms with Crippen molar-refractivity contribution in [3.63, 3.8) is 0 Å². The summed E-state index contributed by atoms with van der Waals surface area (Å²) in [6.07, 6.45) is -2.93. The SMILES string of the molecule is O=C(NCCNc1nc(-c2ccco2)nc2cc(Cl)ccc12)c1ccc(C(F)(F)F)cc1. The van der Waals surface area contributed by atoms with Gasteiger partial charge in [-0.1, -0.05) is 11.6 Å². The molecule has 2 aromatic heterocycles. The van der Waals surface area contributed by atoms with E-state index in [1.54, 1.807) is 30.3 Å². The topological polar surface area (TPSA) is 80.0 Å². The maximum absolute atomic E-state index is 12.6. The van der Waals surface area contributed by atoms with Crippen molar-refractivity contribution >= 4 is 34.2 Å². The van der Waals surface area contributed by atoms with Crippen LogP contribution in [-0.4, -0.2) is 29.0 Å². The van der Waals surface area contributed by atoms with Gasteiger partial charge in [0.25, 0.3) is 5.91 Å². The molecule has 2 aromatic carbocycles. The molecule has 0 bridgehead atoms. The van der Waals surface area contributed by atoms with Crippen molar-refractivity contribution in [2.24, 2.45) is 0 Å². The molecule has 32 heavy (non-hydrogen) atoms. The fraction of sp³-hybridized carbons (Fsp3) is 0.136. The second kappa shape index (κ2) is 8.88. The van der Waals surface area contributed by atoms with E-state index in [-0.39, 0.29) is 12.1 Å². The van der Waals surface area contributed by atoms with Gasteiger partial charge in [-0.25, -0.2) is 9.97 Å². The fourth-order valence-corrected chi connectivity index (χ4v) is 3.19. The lowest BCUT2D eigenvalue weighted by Crippen LogP contribution is -2.29. The Balaban J connectivity index is 1.43. The average Bonchev–Trinajstić information content (AvgIpc) is 3.30. The number of hydrogen-bond acceptors (Lipinski definition) is 5. The van der Waals surface area contributed by atoms with Crippen LogP contribution in [0.2, 0.25) is 5.02 Å². The Kier molecular flexibility index (Phi) is 6.00. The number of halogens is 4. The number of carbonyl (C=O) groups excluding carboxylic acids is 1. The number of amides is 1. The number of nitrogens with zero attached hydrogens (tertiary/aromatic N) is 2. The Morgan fingerprint density at radius 2 is 1.81 bits per heavy atom. The summed E-state index contributed by atoms with van der Waals surface area (Å²) in [5.74, 6) is 0.921. The second-order valence-electron chi connectivity index (χ2n) is 6.79. The number of fused-ring (bicyclic) bond motifs is 1. The lowest BCUT2D eigenvalue weighted by atomic mass is 10.1. The molecule has 0 saturated heterocycles. The van der Waals surface area contributed by atoms with Gasteiger partial charge in [-0.2, -0.15) is 13.2 Å². The van der Waals surface area contributed by atoms with E-state index in [0.717, 1.165) is 29.7 Å². The van der Waals surface area contributed by atoms with E-state index in [4.69, 9.17) is 16.0 Å². The summed E-state index contributed by atoms with van der Waals surface area (Å²) in [6, 6.07) is 12.7. The fourth-order valence-electron chi connectivity index (χ4n) is 3.02. The number of nitrogens with one attached hydrogen (secondary N) is 2. The maximum Gasteiger partial charge on any atom is 0.416 e. The first-order valence-electron chi connectivity index (χ1n) is 9.52. The van der Waals surface area contributed by atoms with Crippen LogP contribution in [0.3, 0.4) is 0 Å². The molecule has 0 fully saturated rings. The highest BCUT2D eigenvalue weighted by Crippen LogP contribution is 2.29. The third kappa shape index (κ3) is 4.83. The number of carbonyl (C=O) groups is 1. The van der Waals surface area contributed by atoms with E-state index >= 15 is 0 Å². The first-order chi connectivity index (χ1) is 15.3. The number of furan rings is 1. The first-order valence-corrected chi connectivity index (χ1v) is 9.89. The summed E-state index contributed by atoms with van der Waals surface area (Å²) < 4.78 is 43.3. The Labute approximate surface area is 185 Å². The monoisotopic (exact) mass is 460 g/mol. The van der Waals surface area contributed by atoms with Crippen LogP contribution in [0.25, 0.3) is 22.5 Å². The number of rotatable bonds is 6. The molecule has 0 aliphatic rings. The quantitative estimate of drug-likeness (QED) is 0.376. The minimum atomic E-state index is -4.45. The third-order valence-corrected chi connectivity index (χ3v) is 4.81. The second-order valence-corrected chi connectivity index (χ2v) is 7.23. The predicted molar refractivity (Wildman–Crippen MR) is 115 cm³/mol. The summed E-state index contributed by atoms with van der Waals surface area (Å²) in [6.45, 7) is 0.535. The zero-order valence-electron chi connectivity index (χ0n) is 16.4. The molecule has 0 spiro atoms. The van der Waals surface area contributed by atoms with Gasteiger partial charge in [0.15, 0.2) is 11.6 Å². The van der Waals surface area contributed by atoms with E-state index in [2.05, 4.69) is 20.6 Å². The van der Waals surface area contributed by atoms with Gasteiger partial charge in [0.05, 0.1) is 17.3 Å². The minimum Gasteiger partial charge on any atom is -0.461 e. The normalized spacial score (nSPS) is 11.5. The van der Waals surface area contributed by atoms with Crippen molar-refractivity contribution in [1.29, 1.82) is 0 Å². The van der Waals surface area contributed by atoms with E-state index in [1.807, 2.05) is 0 Å². The van der Waals surface area contributed by atoms with Gasteiger partial charge in [-0.3, -0.25) is 4.79 Å².